The third-order valence-electron chi connectivity index (χ3n) is 6.15. The number of halogens is 1. The maximum Gasteiger partial charge on any atom is 0.253 e. The molecule has 0 unspecified atom stereocenters. The van der Waals surface area contributed by atoms with E-state index < -0.39 is 10.0 Å². The van der Waals surface area contributed by atoms with Crippen molar-refractivity contribution < 1.29 is 17.9 Å². The Morgan fingerprint density at radius 1 is 0.944 bits per heavy atom. The highest BCUT2D eigenvalue weighted by molar-refractivity contribution is 7.89. The highest BCUT2D eigenvalue weighted by Gasteiger charge is 2.29. The van der Waals surface area contributed by atoms with Crippen molar-refractivity contribution in [3.63, 3.8) is 0 Å². The minimum Gasteiger partial charge on any atom is -0.492 e. The Hall–Kier alpha value is -2.91. The minimum atomic E-state index is -3.70. The summed E-state index contributed by atoms with van der Waals surface area (Å²) in [7, 11) is -2.03. The second-order valence-corrected chi connectivity index (χ2v) is 11.1. The lowest BCUT2D eigenvalue weighted by atomic mass is 10.2. The maximum atomic E-state index is 13.3. The average molecular weight is 528 g/mol. The van der Waals surface area contributed by atoms with Crippen molar-refractivity contribution in [3.05, 3.63) is 95.0 Å². The van der Waals surface area contributed by atoms with Crippen LogP contribution in [0.1, 0.15) is 15.9 Å². The molecule has 0 saturated carbocycles. The molecule has 0 aromatic heterocycles. The zero-order chi connectivity index (χ0) is 25.5. The molecule has 0 N–H and O–H groups in total. The maximum absolute atomic E-state index is 13.3. The van der Waals surface area contributed by atoms with Gasteiger partial charge >= 0.3 is 0 Å². The van der Waals surface area contributed by atoms with Crippen molar-refractivity contribution in [1.29, 1.82) is 0 Å². The first-order valence-electron chi connectivity index (χ1n) is 11.8. The summed E-state index contributed by atoms with van der Waals surface area (Å²) in [4.78, 5) is 16.8. The van der Waals surface area contributed by atoms with Crippen molar-refractivity contribution in [2.45, 2.75) is 11.4 Å². The summed E-state index contributed by atoms with van der Waals surface area (Å²) < 4.78 is 33.8. The molecule has 0 atom stereocenters. The van der Waals surface area contributed by atoms with Crippen LogP contribution in [0.2, 0.25) is 5.02 Å². The number of carbonyl (C=O) groups is 1. The van der Waals surface area contributed by atoms with E-state index in [1.54, 1.807) is 49.5 Å². The van der Waals surface area contributed by atoms with Gasteiger partial charge in [-0.15, -0.1) is 0 Å². The van der Waals surface area contributed by atoms with E-state index in [4.69, 9.17) is 16.3 Å². The Morgan fingerprint density at radius 2 is 1.64 bits per heavy atom. The summed E-state index contributed by atoms with van der Waals surface area (Å²) in [6.07, 6.45) is 0. The number of benzene rings is 3. The van der Waals surface area contributed by atoms with Crippen molar-refractivity contribution in [2.24, 2.45) is 0 Å². The fourth-order valence-electron chi connectivity index (χ4n) is 4.06. The summed E-state index contributed by atoms with van der Waals surface area (Å²) in [5, 5.41) is 0.624. The largest absolute Gasteiger partial charge is 0.492 e. The number of hydrogen-bond donors (Lipinski definition) is 0. The van der Waals surface area contributed by atoms with Gasteiger partial charge in [-0.1, -0.05) is 48.0 Å². The lowest BCUT2D eigenvalue weighted by Crippen LogP contribution is -2.48. The summed E-state index contributed by atoms with van der Waals surface area (Å²) in [6.45, 7) is 3.58. The van der Waals surface area contributed by atoms with E-state index in [0.717, 1.165) is 6.54 Å². The monoisotopic (exact) mass is 527 g/mol. The smallest absolute Gasteiger partial charge is 0.253 e. The molecule has 3 aromatic carbocycles. The number of piperazine rings is 1. The molecular formula is C27H30ClN3O4S. The average Bonchev–Trinajstić information content (AvgIpc) is 2.90. The second kappa shape index (κ2) is 11.9. The Morgan fingerprint density at radius 3 is 2.33 bits per heavy atom. The number of nitrogens with zero attached hydrogens (tertiary/aromatic N) is 3. The van der Waals surface area contributed by atoms with Crippen LogP contribution in [0.3, 0.4) is 0 Å². The van der Waals surface area contributed by atoms with Crippen molar-refractivity contribution >= 4 is 27.5 Å². The molecule has 9 heteroatoms. The quantitative estimate of drug-likeness (QED) is 0.421. The predicted molar refractivity (Wildman–Crippen MR) is 141 cm³/mol. The van der Waals surface area contributed by atoms with E-state index in [2.05, 4.69) is 17.0 Å². The van der Waals surface area contributed by atoms with Crippen molar-refractivity contribution in [1.82, 2.24) is 14.1 Å². The van der Waals surface area contributed by atoms with Crippen LogP contribution in [0.5, 0.6) is 5.75 Å². The molecule has 1 heterocycles. The minimum absolute atomic E-state index is 0.135. The van der Waals surface area contributed by atoms with E-state index >= 15 is 0 Å². The van der Waals surface area contributed by atoms with Gasteiger partial charge in [0.15, 0.2) is 0 Å². The molecule has 190 valence electrons. The Labute approximate surface area is 217 Å². The van der Waals surface area contributed by atoms with Crippen LogP contribution in [0.15, 0.2) is 83.8 Å². The molecule has 1 amide bonds. The molecule has 4 rings (SSSR count). The van der Waals surface area contributed by atoms with Gasteiger partial charge in [-0.3, -0.25) is 9.69 Å². The van der Waals surface area contributed by atoms with Gasteiger partial charge in [-0.05, 0) is 48.0 Å². The first-order chi connectivity index (χ1) is 17.3. The van der Waals surface area contributed by atoms with E-state index in [1.807, 2.05) is 18.2 Å². The number of hydrogen-bond acceptors (Lipinski definition) is 5. The summed E-state index contributed by atoms with van der Waals surface area (Å²) in [5.74, 6) is 0.400. The highest BCUT2D eigenvalue weighted by Crippen LogP contribution is 2.21. The highest BCUT2D eigenvalue weighted by atomic mass is 35.5. The first-order valence-corrected chi connectivity index (χ1v) is 13.6. The van der Waals surface area contributed by atoms with Gasteiger partial charge in [-0.25, -0.2) is 8.42 Å². The number of sulfonamides is 1. The number of amides is 1. The van der Waals surface area contributed by atoms with Gasteiger partial charge in [0.05, 0.1) is 11.4 Å². The fraction of sp³-hybridized carbons (Fsp3) is 0.296. The molecular weight excluding hydrogens is 498 g/mol. The molecule has 1 fully saturated rings. The standard InChI is InChI=1S/C27H30ClN3O4S/c1-29(18-19-35-25-12-10-24(28)11-13-25)27(32)23-8-5-9-26(20-23)36(33,34)31-16-14-30(15-17-31)21-22-6-3-2-4-7-22/h2-13,20H,14-19,21H2,1H3. The van der Waals surface area contributed by atoms with Gasteiger partial charge in [0.1, 0.15) is 12.4 Å². The third-order valence-corrected chi connectivity index (χ3v) is 8.30. The Kier molecular flexibility index (Phi) is 8.64. The van der Waals surface area contributed by atoms with Crippen LogP contribution in [0, 0.1) is 0 Å². The van der Waals surface area contributed by atoms with Gasteiger partial charge in [0.25, 0.3) is 5.91 Å². The van der Waals surface area contributed by atoms with Gasteiger partial charge in [0.2, 0.25) is 10.0 Å². The molecule has 0 radical (unpaired) electrons. The van der Waals surface area contributed by atoms with E-state index in [1.165, 1.54) is 20.8 Å². The zero-order valence-corrected chi connectivity index (χ0v) is 21.8. The SMILES string of the molecule is CN(CCOc1ccc(Cl)cc1)C(=O)c1cccc(S(=O)(=O)N2CCN(Cc3ccccc3)CC2)c1. The normalized spacial score (nSPS) is 14.9. The van der Waals surface area contributed by atoms with Crippen molar-refractivity contribution in [3.8, 4) is 5.75 Å². The van der Waals surface area contributed by atoms with E-state index in [0.29, 0.717) is 55.7 Å². The van der Waals surface area contributed by atoms with Gasteiger partial charge in [-0.2, -0.15) is 4.31 Å². The van der Waals surface area contributed by atoms with Crippen LogP contribution in [0.4, 0.5) is 0 Å². The molecule has 1 aliphatic heterocycles. The number of ether oxygens (including phenoxy) is 1. The molecule has 36 heavy (non-hydrogen) atoms. The van der Waals surface area contributed by atoms with Crippen LogP contribution >= 0.6 is 11.6 Å². The summed E-state index contributed by atoms with van der Waals surface area (Å²) >= 11 is 5.88. The predicted octanol–water partition coefficient (Wildman–Crippen LogP) is 4.00. The van der Waals surface area contributed by atoms with Crippen LogP contribution < -0.4 is 4.74 Å². The van der Waals surface area contributed by atoms with E-state index in [-0.39, 0.29) is 10.8 Å². The zero-order valence-electron chi connectivity index (χ0n) is 20.2. The van der Waals surface area contributed by atoms with Gasteiger partial charge < -0.3 is 9.64 Å². The molecule has 0 spiro atoms. The summed E-state index contributed by atoms with van der Waals surface area (Å²) in [5.41, 5.74) is 1.54. The third kappa shape index (κ3) is 6.64. The van der Waals surface area contributed by atoms with Crippen molar-refractivity contribution in [2.75, 3.05) is 46.4 Å². The van der Waals surface area contributed by atoms with Gasteiger partial charge in [0, 0.05) is 50.4 Å². The molecule has 1 saturated heterocycles. The van der Waals surface area contributed by atoms with Crippen LogP contribution in [0.25, 0.3) is 0 Å². The molecule has 0 bridgehead atoms. The topological polar surface area (TPSA) is 70.2 Å². The molecule has 3 aromatic rings. The molecule has 0 aliphatic carbocycles. The Bertz CT molecular complexity index is 1260. The van der Waals surface area contributed by atoms with Crippen LogP contribution in [-0.2, 0) is 16.6 Å². The van der Waals surface area contributed by atoms with E-state index in [9.17, 15) is 13.2 Å². The number of carbonyl (C=O) groups excluding carboxylic acids is 1. The van der Waals surface area contributed by atoms with Crippen LogP contribution in [-0.4, -0.2) is 74.8 Å². The fourth-order valence-corrected chi connectivity index (χ4v) is 5.66. The second-order valence-electron chi connectivity index (χ2n) is 8.72. The Balaban J connectivity index is 1.33. The molecule has 1 aliphatic rings. The number of likely N-dealkylation sites (N-methyl/N-ethyl adjacent to an activating group) is 1. The number of rotatable bonds is 9. The molecule has 7 nitrogen and oxygen atoms in total. The lowest BCUT2D eigenvalue weighted by molar-refractivity contribution is 0.0773. The first kappa shape index (κ1) is 26.2. The summed E-state index contributed by atoms with van der Waals surface area (Å²) in [6, 6.07) is 23.4. The lowest BCUT2D eigenvalue weighted by Gasteiger charge is -2.34.